The van der Waals surface area contributed by atoms with Gasteiger partial charge in [0.1, 0.15) is 11.9 Å². The van der Waals surface area contributed by atoms with E-state index in [1.165, 1.54) is 24.3 Å². The zero-order valence-corrected chi connectivity index (χ0v) is 20.6. The molecule has 34 heavy (non-hydrogen) atoms. The molecule has 1 atom stereocenters. The molecule has 9 heteroatoms. The van der Waals surface area contributed by atoms with Gasteiger partial charge in [0.25, 0.3) is 15.9 Å². The van der Waals surface area contributed by atoms with Crippen LogP contribution in [0.15, 0.2) is 58.4 Å². The van der Waals surface area contributed by atoms with Crippen LogP contribution in [-0.4, -0.2) is 38.7 Å². The number of nitrogens with zero attached hydrogens (tertiary/aromatic N) is 1. The molecule has 2 aromatic carbocycles. The van der Waals surface area contributed by atoms with Crippen LogP contribution in [0, 0.1) is 12.8 Å². The molecule has 3 rings (SSSR count). The van der Waals surface area contributed by atoms with Crippen molar-refractivity contribution in [2.24, 2.45) is 10.9 Å². The number of rotatable bonds is 7. The lowest BCUT2D eigenvalue weighted by atomic mass is 10.0. The van der Waals surface area contributed by atoms with Crippen molar-refractivity contribution < 1.29 is 18.0 Å². The second kappa shape index (κ2) is 11.3. The molecule has 1 heterocycles. The number of nitrogens with one attached hydrogen (secondary N) is 3. The number of amidine groups is 1. The van der Waals surface area contributed by atoms with Gasteiger partial charge < -0.3 is 10.6 Å². The Kier molecular flexibility index (Phi) is 8.44. The lowest BCUT2D eigenvalue weighted by molar-refractivity contribution is -0.118. The highest BCUT2D eigenvalue weighted by molar-refractivity contribution is 7.90. The average Bonchev–Trinajstić information content (AvgIpc) is 3.05. The van der Waals surface area contributed by atoms with Crippen molar-refractivity contribution in [1.29, 1.82) is 0 Å². The van der Waals surface area contributed by atoms with Crippen molar-refractivity contribution in [3.8, 4) is 0 Å². The molecule has 0 aliphatic carbocycles. The van der Waals surface area contributed by atoms with Crippen LogP contribution in [0.1, 0.15) is 55.5 Å². The van der Waals surface area contributed by atoms with E-state index in [1.54, 1.807) is 18.2 Å². The third-order valence-corrected chi connectivity index (χ3v) is 6.97. The molecule has 8 nitrogen and oxygen atoms in total. The van der Waals surface area contributed by atoms with Crippen LogP contribution < -0.4 is 15.4 Å². The summed E-state index contributed by atoms with van der Waals surface area (Å²) in [5, 5.41) is 5.56. The Hall–Kier alpha value is -3.20. The molecule has 0 fully saturated rings. The van der Waals surface area contributed by atoms with Crippen LogP contribution in [0.25, 0.3) is 0 Å². The Morgan fingerprint density at radius 1 is 1.00 bits per heavy atom. The van der Waals surface area contributed by atoms with Crippen LogP contribution in [0.2, 0.25) is 0 Å². The summed E-state index contributed by atoms with van der Waals surface area (Å²) in [4.78, 5) is 29.9. The molecule has 0 radical (unpaired) electrons. The molecular formula is C25H32N4O4S. The molecule has 0 aromatic heterocycles. The van der Waals surface area contributed by atoms with Crippen LogP contribution in [0.5, 0.6) is 0 Å². The number of amides is 2. The van der Waals surface area contributed by atoms with Gasteiger partial charge in [-0.3, -0.25) is 19.3 Å². The Morgan fingerprint density at radius 3 is 2.41 bits per heavy atom. The first-order valence-electron chi connectivity index (χ1n) is 11.5. The maximum absolute atomic E-state index is 12.9. The summed E-state index contributed by atoms with van der Waals surface area (Å²) in [7, 11) is -3.75. The molecule has 0 unspecified atom stereocenters. The maximum atomic E-state index is 12.9. The SMILES string of the molecule is Cc1cccc(C(=O)N[C@H](C(=O)Nc2ccc(S(=O)(=O)NC3=NCCCCC3)cc2)C(C)C)c1. The Bertz CT molecular complexity index is 1160. The number of benzene rings is 2. The monoisotopic (exact) mass is 484 g/mol. The van der Waals surface area contributed by atoms with Crippen molar-refractivity contribution in [3.63, 3.8) is 0 Å². The van der Waals surface area contributed by atoms with E-state index in [1.807, 2.05) is 26.8 Å². The van der Waals surface area contributed by atoms with Gasteiger partial charge in [0.2, 0.25) is 5.91 Å². The van der Waals surface area contributed by atoms with Gasteiger partial charge >= 0.3 is 0 Å². The minimum absolute atomic E-state index is 0.0885. The fraction of sp³-hybridized carbons (Fsp3) is 0.400. The van der Waals surface area contributed by atoms with E-state index >= 15 is 0 Å². The normalized spacial score (nSPS) is 15.1. The highest BCUT2D eigenvalue weighted by Gasteiger charge is 2.25. The van der Waals surface area contributed by atoms with E-state index in [0.29, 0.717) is 30.1 Å². The highest BCUT2D eigenvalue weighted by atomic mass is 32.2. The van der Waals surface area contributed by atoms with Crippen molar-refractivity contribution in [3.05, 3.63) is 59.7 Å². The average molecular weight is 485 g/mol. The molecule has 1 aliphatic heterocycles. The van der Waals surface area contributed by atoms with Gasteiger partial charge in [-0.15, -0.1) is 0 Å². The van der Waals surface area contributed by atoms with Gasteiger partial charge in [-0.2, -0.15) is 0 Å². The molecular weight excluding hydrogens is 452 g/mol. The predicted molar refractivity (Wildman–Crippen MR) is 133 cm³/mol. The fourth-order valence-electron chi connectivity index (χ4n) is 3.65. The molecule has 2 aromatic rings. The fourth-order valence-corrected chi connectivity index (χ4v) is 4.74. The molecule has 182 valence electrons. The second-order valence-corrected chi connectivity index (χ2v) is 10.5. The minimum atomic E-state index is -3.75. The van der Waals surface area contributed by atoms with E-state index < -0.39 is 16.1 Å². The van der Waals surface area contributed by atoms with Gasteiger partial charge in [0, 0.05) is 24.2 Å². The second-order valence-electron chi connectivity index (χ2n) is 8.82. The van der Waals surface area contributed by atoms with Crippen molar-refractivity contribution in [1.82, 2.24) is 10.0 Å². The van der Waals surface area contributed by atoms with E-state index in [2.05, 4.69) is 20.3 Å². The van der Waals surface area contributed by atoms with E-state index in [0.717, 1.165) is 24.8 Å². The van der Waals surface area contributed by atoms with E-state index in [4.69, 9.17) is 0 Å². The molecule has 3 N–H and O–H groups in total. The van der Waals surface area contributed by atoms with E-state index in [9.17, 15) is 18.0 Å². The van der Waals surface area contributed by atoms with Crippen LogP contribution in [0.4, 0.5) is 5.69 Å². The highest BCUT2D eigenvalue weighted by Crippen LogP contribution is 2.17. The zero-order valence-electron chi connectivity index (χ0n) is 19.8. The van der Waals surface area contributed by atoms with Gasteiger partial charge in [-0.05, 0) is 62.1 Å². The third-order valence-electron chi connectivity index (χ3n) is 5.57. The molecule has 1 aliphatic rings. The summed E-state index contributed by atoms with van der Waals surface area (Å²) in [5.74, 6) is -0.374. The molecule has 2 amide bonds. The molecule has 0 saturated heterocycles. The topological polar surface area (TPSA) is 117 Å². The Morgan fingerprint density at radius 2 is 1.74 bits per heavy atom. The number of sulfonamides is 1. The number of hydrogen-bond donors (Lipinski definition) is 3. The first-order chi connectivity index (χ1) is 16.2. The number of hydrogen-bond acceptors (Lipinski definition) is 5. The minimum Gasteiger partial charge on any atom is -0.340 e. The summed E-state index contributed by atoms with van der Waals surface area (Å²) in [5.41, 5.74) is 1.87. The predicted octanol–water partition coefficient (Wildman–Crippen LogP) is 3.64. The van der Waals surface area contributed by atoms with E-state index in [-0.39, 0.29) is 22.6 Å². The number of aryl methyl sites for hydroxylation is 1. The summed E-state index contributed by atoms with van der Waals surface area (Å²) in [6.07, 6.45) is 3.51. The maximum Gasteiger partial charge on any atom is 0.262 e. The standard InChI is InChI=1S/C25H32N4O4S/c1-17(2)23(28-24(30)19-9-7-8-18(3)16-19)25(31)27-20-11-13-21(14-12-20)34(32,33)29-22-10-5-4-6-15-26-22/h7-9,11-14,16-17,23H,4-6,10,15H2,1-3H3,(H,26,29)(H,27,31)(H,28,30)/t23-/m0/s1. The lowest BCUT2D eigenvalue weighted by Crippen LogP contribution is -2.47. The van der Waals surface area contributed by atoms with Gasteiger partial charge in [0.15, 0.2) is 0 Å². The van der Waals surface area contributed by atoms with Gasteiger partial charge in [0.05, 0.1) is 4.90 Å². The van der Waals surface area contributed by atoms with Crippen molar-refractivity contribution in [2.75, 3.05) is 11.9 Å². The van der Waals surface area contributed by atoms with Gasteiger partial charge in [-0.1, -0.05) is 38.0 Å². The van der Waals surface area contributed by atoms with Crippen molar-refractivity contribution >= 4 is 33.4 Å². The summed E-state index contributed by atoms with van der Waals surface area (Å²) in [6, 6.07) is 12.3. The quantitative estimate of drug-likeness (QED) is 0.556. The number of carbonyl (C=O) groups is 2. The summed E-state index contributed by atoms with van der Waals surface area (Å²) < 4.78 is 28.0. The molecule has 0 bridgehead atoms. The van der Waals surface area contributed by atoms with Gasteiger partial charge in [-0.25, -0.2) is 8.42 Å². The number of aliphatic imine (C=N–C) groups is 1. The number of anilines is 1. The summed E-state index contributed by atoms with van der Waals surface area (Å²) >= 11 is 0. The number of carbonyl (C=O) groups excluding carboxylic acids is 2. The van der Waals surface area contributed by atoms with Crippen LogP contribution >= 0.6 is 0 Å². The molecule has 0 spiro atoms. The zero-order chi connectivity index (χ0) is 24.7. The first kappa shape index (κ1) is 25.4. The van der Waals surface area contributed by atoms with Crippen LogP contribution in [0.3, 0.4) is 0 Å². The smallest absolute Gasteiger partial charge is 0.262 e. The first-order valence-corrected chi connectivity index (χ1v) is 13.0. The van der Waals surface area contributed by atoms with Crippen LogP contribution in [-0.2, 0) is 14.8 Å². The largest absolute Gasteiger partial charge is 0.340 e. The van der Waals surface area contributed by atoms with Crippen molar-refractivity contribution in [2.45, 2.75) is 57.4 Å². The Balaban J connectivity index is 1.66. The lowest BCUT2D eigenvalue weighted by Gasteiger charge is -2.22. The molecule has 0 saturated carbocycles. The third kappa shape index (κ3) is 6.90. The summed E-state index contributed by atoms with van der Waals surface area (Å²) in [6.45, 7) is 6.21. The Labute approximate surface area is 201 Å².